The average molecular weight is 470 g/mol. The number of hydrogen-bond donors (Lipinski definition) is 0. The molecule has 32 heavy (non-hydrogen) atoms. The molecule has 1 fully saturated rings. The highest BCUT2D eigenvalue weighted by molar-refractivity contribution is 7.88. The van der Waals surface area contributed by atoms with E-state index < -0.39 is 21.8 Å². The maximum absolute atomic E-state index is 13.0. The minimum atomic E-state index is -4.42. The number of aryl methyl sites for hydroxylation is 1. The van der Waals surface area contributed by atoms with Crippen LogP contribution in [0.5, 0.6) is 0 Å². The number of carbonyl (C=O) groups is 1. The molecule has 174 valence electrons. The maximum Gasteiger partial charge on any atom is 0.416 e. The minimum absolute atomic E-state index is 0.0923. The second-order valence-corrected chi connectivity index (χ2v) is 9.92. The lowest BCUT2D eigenvalue weighted by Gasteiger charge is -2.37. The third-order valence-corrected chi connectivity index (χ3v) is 6.63. The Morgan fingerprint density at radius 3 is 2.22 bits per heavy atom. The molecule has 2 aromatic rings. The van der Waals surface area contributed by atoms with Gasteiger partial charge >= 0.3 is 6.18 Å². The van der Waals surface area contributed by atoms with Crippen LogP contribution in [0.4, 0.5) is 18.9 Å². The van der Waals surface area contributed by atoms with E-state index in [2.05, 4.69) is 0 Å². The summed E-state index contributed by atoms with van der Waals surface area (Å²) in [7, 11) is -3.61. The number of carbonyl (C=O) groups excluding carboxylic acids is 1. The summed E-state index contributed by atoms with van der Waals surface area (Å²) >= 11 is 0. The van der Waals surface area contributed by atoms with Crippen LogP contribution < -0.4 is 4.90 Å². The Bertz CT molecular complexity index is 1050. The van der Waals surface area contributed by atoms with Crippen molar-refractivity contribution in [3.05, 3.63) is 65.2 Å². The lowest BCUT2D eigenvalue weighted by Crippen LogP contribution is -2.51. The number of halogens is 3. The smallest absolute Gasteiger partial charge is 0.368 e. The van der Waals surface area contributed by atoms with Crippen molar-refractivity contribution in [2.24, 2.45) is 0 Å². The summed E-state index contributed by atoms with van der Waals surface area (Å²) in [5.74, 6) is -0.328. The molecule has 0 aromatic heterocycles. The van der Waals surface area contributed by atoms with E-state index in [9.17, 15) is 26.4 Å². The molecule has 0 saturated carbocycles. The van der Waals surface area contributed by atoms with Crippen molar-refractivity contribution in [2.75, 3.05) is 43.9 Å². The zero-order valence-electron chi connectivity index (χ0n) is 18.0. The highest BCUT2D eigenvalue weighted by Gasteiger charge is 2.31. The Balaban J connectivity index is 1.62. The molecule has 10 heteroatoms. The van der Waals surface area contributed by atoms with Crippen molar-refractivity contribution in [3.63, 3.8) is 0 Å². The van der Waals surface area contributed by atoms with Gasteiger partial charge in [0.1, 0.15) is 0 Å². The van der Waals surface area contributed by atoms with Gasteiger partial charge in [0.2, 0.25) is 15.9 Å². The molecule has 1 heterocycles. The van der Waals surface area contributed by atoms with Crippen LogP contribution >= 0.6 is 0 Å². The topological polar surface area (TPSA) is 60.9 Å². The third-order valence-electron chi connectivity index (χ3n) is 5.43. The number of sulfonamides is 1. The molecule has 1 amide bonds. The molecule has 0 atom stereocenters. The first-order valence-electron chi connectivity index (χ1n) is 10.1. The normalized spacial score (nSPS) is 15.3. The molecule has 0 radical (unpaired) electrons. The number of rotatable bonds is 6. The standard InChI is InChI=1S/C22H26F3N3O3S/c1-17-6-8-18(9-7-17)15-28(32(2,30)31)16-21(29)27-12-10-26(11-13-27)20-5-3-4-19(14-20)22(23,24)25/h3-9,14H,10-13,15-16H2,1-2H3. The van der Waals surface area contributed by atoms with Gasteiger partial charge in [-0.25, -0.2) is 8.42 Å². The van der Waals surface area contributed by atoms with Gasteiger partial charge in [-0.3, -0.25) is 4.79 Å². The van der Waals surface area contributed by atoms with Crippen molar-refractivity contribution >= 4 is 21.6 Å². The van der Waals surface area contributed by atoms with Crippen LogP contribution in [0, 0.1) is 6.92 Å². The predicted octanol–water partition coefficient (Wildman–Crippen LogP) is 3.12. The molecule has 0 unspecified atom stereocenters. The van der Waals surface area contributed by atoms with Gasteiger partial charge < -0.3 is 9.80 Å². The Morgan fingerprint density at radius 1 is 1.03 bits per heavy atom. The van der Waals surface area contributed by atoms with Gasteiger partial charge in [0, 0.05) is 38.4 Å². The summed E-state index contributed by atoms with van der Waals surface area (Å²) in [6.45, 7) is 3.08. The maximum atomic E-state index is 13.0. The van der Waals surface area contributed by atoms with E-state index in [1.165, 1.54) is 6.07 Å². The zero-order valence-corrected chi connectivity index (χ0v) is 18.8. The van der Waals surface area contributed by atoms with E-state index in [-0.39, 0.29) is 19.0 Å². The predicted molar refractivity (Wildman–Crippen MR) is 117 cm³/mol. The number of amides is 1. The van der Waals surface area contributed by atoms with Crippen molar-refractivity contribution in [1.29, 1.82) is 0 Å². The van der Waals surface area contributed by atoms with Crippen molar-refractivity contribution < 1.29 is 26.4 Å². The minimum Gasteiger partial charge on any atom is -0.368 e. The Morgan fingerprint density at radius 2 is 1.66 bits per heavy atom. The summed E-state index contributed by atoms with van der Waals surface area (Å²) in [5, 5.41) is 0. The van der Waals surface area contributed by atoms with Crippen LogP contribution in [0.25, 0.3) is 0 Å². The Kier molecular flexibility index (Phi) is 7.14. The fraction of sp³-hybridized carbons (Fsp3) is 0.409. The van der Waals surface area contributed by atoms with Gasteiger partial charge in [0.25, 0.3) is 0 Å². The summed E-state index contributed by atoms with van der Waals surface area (Å²) in [6.07, 6.45) is -3.35. The second kappa shape index (κ2) is 9.50. The Labute approximate surface area is 186 Å². The molecule has 1 aliphatic heterocycles. The molecular weight excluding hydrogens is 443 g/mol. The first kappa shape index (κ1) is 24.1. The fourth-order valence-corrected chi connectivity index (χ4v) is 4.26. The second-order valence-electron chi connectivity index (χ2n) is 7.93. The number of nitrogens with zero attached hydrogens (tertiary/aromatic N) is 3. The van der Waals surface area contributed by atoms with Crippen molar-refractivity contribution in [3.8, 4) is 0 Å². The van der Waals surface area contributed by atoms with E-state index in [0.717, 1.165) is 33.8 Å². The van der Waals surface area contributed by atoms with Gasteiger partial charge in [0.05, 0.1) is 18.4 Å². The first-order chi connectivity index (χ1) is 14.9. The summed E-state index contributed by atoms with van der Waals surface area (Å²) in [6, 6.07) is 12.5. The van der Waals surface area contributed by atoms with Gasteiger partial charge in [-0.05, 0) is 30.7 Å². The lowest BCUT2D eigenvalue weighted by atomic mass is 10.1. The Hall–Kier alpha value is -2.59. The number of benzene rings is 2. The van der Waals surface area contributed by atoms with Gasteiger partial charge in [-0.1, -0.05) is 35.9 Å². The number of piperazine rings is 1. The largest absolute Gasteiger partial charge is 0.416 e. The molecule has 3 rings (SSSR count). The van der Waals surface area contributed by atoms with E-state index in [4.69, 9.17) is 0 Å². The van der Waals surface area contributed by atoms with Crippen LogP contribution in [0.2, 0.25) is 0 Å². The molecule has 1 saturated heterocycles. The SMILES string of the molecule is Cc1ccc(CN(CC(=O)N2CCN(c3cccc(C(F)(F)F)c3)CC2)S(C)(=O)=O)cc1. The van der Waals surface area contributed by atoms with Crippen LogP contribution in [0.3, 0.4) is 0 Å². The highest BCUT2D eigenvalue weighted by Crippen LogP contribution is 2.31. The van der Waals surface area contributed by atoms with Crippen molar-refractivity contribution in [1.82, 2.24) is 9.21 Å². The highest BCUT2D eigenvalue weighted by atomic mass is 32.2. The zero-order chi connectivity index (χ0) is 23.5. The molecule has 1 aliphatic rings. The molecular formula is C22H26F3N3O3S. The van der Waals surface area contributed by atoms with Crippen LogP contribution in [0.15, 0.2) is 48.5 Å². The van der Waals surface area contributed by atoms with Crippen LogP contribution in [-0.4, -0.2) is 62.5 Å². The van der Waals surface area contributed by atoms with Gasteiger partial charge in [0.15, 0.2) is 0 Å². The summed E-state index contributed by atoms with van der Waals surface area (Å²) in [4.78, 5) is 16.1. The first-order valence-corrected chi connectivity index (χ1v) is 12.0. The van der Waals surface area contributed by atoms with E-state index in [1.807, 2.05) is 31.2 Å². The third kappa shape index (κ3) is 6.23. The van der Waals surface area contributed by atoms with Crippen molar-refractivity contribution in [2.45, 2.75) is 19.6 Å². The van der Waals surface area contributed by atoms with Crippen LogP contribution in [-0.2, 0) is 27.5 Å². The molecule has 6 nitrogen and oxygen atoms in total. The van der Waals surface area contributed by atoms with Crippen LogP contribution in [0.1, 0.15) is 16.7 Å². The molecule has 0 spiro atoms. The quantitative estimate of drug-likeness (QED) is 0.652. The summed E-state index contributed by atoms with van der Waals surface area (Å²) in [5.41, 5.74) is 1.56. The monoisotopic (exact) mass is 469 g/mol. The number of hydrogen-bond acceptors (Lipinski definition) is 4. The van der Waals surface area contributed by atoms with Gasteiger partial charge in [-0.2, -0.15) is 17.5 Å². The molecule has 0 aliphatic carbocycles. The fourth-order valence-electron chi connectivity index (χ4n) is 3.53. The average Bonchev–Trinajstić information content (AvgIpc) is 2.73. The number of anilines is 1. The number of alkyl halides is 3. The van der Waals surface area contributed by atoms with Gasteiger partial charge in [-0.15, -0.1) is 0 Å². The van der Waals surface area contributed by atoms with E-state index in [0.29, 0.717) is 31.9 Å². The van der Waals surface area contributed by atoms with E-state index >= 15 is 0 Å². The molecule has 0 bridgehead atoms. The van der Waals surface area contributed by atoms with E-state index in [1.54, 1.807) is 15.9 Å². The summed E-state index contributed by atoms with van der Waals surface area (Å²) < 4.78 is 64.5. The lowest BCUT2D eigenvalue weighted by molar-refractivity contribution is -0.137. The molecule has 0 N–H and O–H groups in total. The molecule has 2 aromatic carbocycles.